The SMILES string of the molecule is CCOC(=O)c1c(-c2ccc(Cl)cc2)csc1NC(=O)CCSc1nc2sc3c(c2c(=O)n1-c1ccccc1)CCC3. The molecule has 0 bridgehead atoms. The number of hydrogen-bond acceptors (Lipinski definition) is 8. The molecule has 6 rings (SSSR count). The molecule has 0 unspecified atom stereocenters. The lowest BCUT2D eigenvalue weighted by molar-refractivity contribution is -0.115. The monoisotopic (exact) mass is 635 g/mol. The number of ether oxygens (including phenoxy) is 1. The number of aromatic nitrogens is 2. The van der Waals surface area contributed by atoms with Crippen LogP contribution in [0.3, 0.4) is 0 Å². The first-order valence-electron chi connectivity index (χ1n) is 13.5. The summed E-state index contributed by atoms with van der Waals surface area (Å²) in [5, 5.41) is 7.03. The molecule has 1 aliphatic carbocycles. The van der Waals surface area contributed by atoms with Crippen molar-refractivity contribution < 1.29 is 14.3 Å². The highest BCUT2D eigenvalue weighted by Crippen LogP contribution is 2.38. The molecule has 0 saturated carbocycles. The standard InChI is InChI=1S/C31H26ClN3O4S3/c1-2-39-30(38)26-22(18-11-13-19(32)14-12-18)17-41-27(26)33-24(36)15-16-40-31-34-28-25(21-9-6-10-23(21)42-28)29(37)35(31)20-7-4-3-5-8-20/h3-5,7-8,11-14,17H,2,6,9-10,15-16H2,1H3,(H,33,36). The van der Waals surface area contributed by atoms with E-state index in [2.05, 4.69) is 5.32 Å². The zero-order chi connectivity index (χ0) is 29.2. The number of nitrogens with zero attached hydrogens (tertiary/aromatic N) is 2. The van der Waals surface area contributed by atoms with Crippen LogP contribution in [-0.4, -0.2) is 33.8 Å². The largest absolute Gasteiger partial charge is 0.462 e. The van der Waals surface area contributed by atoms with E-state index in [-0.39, 0.29) is 24.5 Å². The number of rotatable bonds is 9. The lowest BCUT2D eigenvalue weighted by Crippen LogP contribution is -2.22. The van der Waals surface area contributed by atoms with Crippen LogP contribution in [0.5, 0.6) is 0 Å². The Kier molecular flexibility index (Phi) is 8.48. The van der Waals surface area contributed by atoms with E-state index in [1.54, 1.807) is 35.0 Å². The van der Waals surface area contributed by atoms with Gasteiger partial charge in [-0.25, -0.2) is 9.78 Å². The molecule has 1 N–H and O–H groups in total. The van der Waals surface area contributed by atoms with Gasteiger partial charge in [0.2, 0.25) is 5.91 Å². The minimum atomic E-state index is -0.499. The van der Waals surface area contributed by atoms with Crippen molar-refractivity contribution >= 4 is 73.1 Å². The van der Waals surface area contributed by atoms with Gasteiger partial charge in [0.1, 0.15) is 15.4 Å². The second-order valence-electron chi connectivity index (χ2n) is 9.64. The molecule has 0 spiro atoms. The van der Waals surface area contributed by atoms with Crippen LogP contribution in [0.2, 0.25) is 5.02 Å². The van der Waals surface area contributed by atoms with Gasteiger partial charge in [0.25, 0.3) is 5.56 Å². The number of thioether (sulfide) groups is 1. The number of halogens is 1. The number of hydrogen-bond donors (Lipinski definition) is 1. The maximum Gasteiger partial charge on any atom is 0.341 e. The quantitative estimate of drug-likeness (QED) is 0.102. The zero-order valence-corrected chi connectivity index (χ0v) is 25.9. The highest BCUT2D eigenvalue weighted by Gasteiger charge is 2.25. The fraction of sp³-hybridized carbons (Fsp3) is 0.226. The maximum absolute atomic E-state index is 13.8. The number of thiophene rings is 2. The van der Waals surface area contributed by atoms with Gasteiger partial charge in [-0.05, 0) is 61.6 Å². The van der Waals surface area contributed by atoms with Gasteiger partial charge in [-0.15, -0.1) is 22.7 Å². The Morgan fingerprint density at radius 3 is 2.67 bits per heavy atom. The highest BCUT2D eigenvalue weighted by atomic mass is 35.5. The number of fused-ring (bicyclic) bond motifs is 3. The number of anilines is 1. The van der Waals surface area contributed by atoms with Gasteiger partial charge in [0, 0.05) is 33.0 Å². The molecule has 3 heterocycles. The summed E-state index contributed by atoms with van der Waals surface area (Å²) in [4.78, 5) is 46.7. The van der Waals surface area contributed by atoms with Gasteiger partial charge in [-0.2, -0.15) is 0 Å². The molecule has 0 atom stereocenters. The Labute approximate surface area is 259 Å². The van der Waals surface area contributed by atoms with Gasteiger partial charge >= 0.3 is 5.97 Å². The number of aryl methyl sites for hydroxylation is 2. The third kappa shape index (κ3) is 5.64. The minimum Gasteiger partial charge on any atom is -0.462 e. The number of nitrogens with one attached hydrogen (secondary N) is 1. The molecule has 0 aliphatic heterocycles. The Balaban J connectivity index is 1.23. The Bertz CT molecular complexity index is 1850. The minimum absolute atomic E-state index is 0.0649. The molecule has 214 valence electrons. The molecule has 11 heteroatoms. The summed E-state index contributed by atoms with van der Waals surface area (Å²) in [6.07, 6.45) is 3.12. The third-order valence-corrected chi connectivity index (χ3v) is 10.2. The van der Waals surface area contributed by atoms with E-state index in [1.807, 2.05) is 47.8 Å². The molecule has 2 aromatic carbocycles. The summed E-state index contributed by atoms with van der Waals surface area (Å²) < 4.78 is 6.96. The van der Waals surface area contributed by atoms with Crippen molar-refractivity contribution in [2.45, 2.75) is 37.8 Å². The molecule has 42 heavy (non-hydrogen) atoms. The maximum atomic E-state index is 13.8. The number of carbonyl (C=O) groups is 2. The van der Waals surface area contributed by atoms with E-state index >= 15 is 0 Å². The molecule has 1 amide bonds. The van der Waals surface area contributed by atoms with Crippen LogP contribution in [0.15, 0.2) is 69.9 Å². The van der Waals surface area contributed by atoms with Gasteiger partial charge in [0.05, 0.1) is 17.7 Å². The van der Waals surface area contributed by atoms with Crippen molar-refractivity contribution in [2.24, 2.45) is 0 Å². The van der Waals surface area contributed by atoms with Crippen molar-refractivity contribution in [1.82, 2.24) is 9.55 Å². The van der Waals surface area contributed by atoms with E-state index in [4.69, 9.17) is 21.3 Å². The van der Waals surface area contributed by atoms with Crippen molar-refractivity contribution in [3.05, 3.63) is 91.4 Å². The van der Waals surface area contributed by atoms with Crippen LogP contribution in [0.4, 0.5) is 5.00 Å². The van der Waals surface area contributed by atoms with Crippen LogP contribution in [-0.2, 0) is 22.4 Å². The number of carbonyl (C=O) groups excluding carboxylic acids is 2. The average Bonchev–Trinajstić information content (AvgIpc) is 3.69. The number of para-hydroxylation sites is 1. The number of amides is 1. The van der Waals surface area contributed by atoms with E-state index in [0.29, 0.717) is 32.1 Å². The lowest BCUT2D eigenvalue weighted by Gasteiger charge is -2.12. The summed E-state index contributed by atoms with van der Waals surface area (Å²) >= 11 is 10.3. The lowest BCUT2D eigenvalue weighted by atomic mass is 10.0. The van der Waals surface area contributed by atoms with E-state index < -0.39 is 5.97 Å². The van der Waals surface area contributed by atoms with Crippen molar-refractivity contribution in [1.29, 1.82) is 0 Å². The molecule has 7 nitrogen and oxygen atoms in total. The number of benzene rings is 2. The summed E-state index contributed by atoms with van der Waals surface area (Å²) in [5.41, 5.74) is 3.61. The second-order valence-corrected chi connectivity index (χ2v) is 13.1. The van der Waals surface area contributed by atoms with E-state index in [9.17, 15) is 14.4 Å². The first-order chi connectivity index (χ1) is 20.4. The molecule has 0 saturated heterocycles. The first-order valence-corrected chi connectivity index (χ1v) is 16.6. The van der Waals surface area contributed by atoms with Crippen molar-refractivity contribution in [3.8, 4) is 16.8 Å². The first kappa shape index (κ1) is 28.7. The van der Waals surface area contributed by atoms with E-state index in [0.717, 1.165) is 46.3 Å². The van der Waals surface area contributed by atoms with Gasteiger partial charge in [-0.3, -0.25) is 14.2 Å². The summed E-state index contributed by atoms with van der Waals surface area (Å²) in [6.45, 7) is 1.96. The molecular weight excluding hydrogens is 610 g/mol. The van der Waals surface area contributed by atoms with Crippen molar-refractivity contribution in [3.63, 3.8) is 0 Å². The van der Waals surface area contributed by atoms with Gasteiger partial charge < -0.3 is 10.1 Å². The Hall–Kier alpha value is -3.44. The predicted octanol–water partition coefficient (Wildman–Crippen LogP) is 7.62. The smallest absolute Gasteiger partial charge is 0.341 e. The highest BCUT2D eigenvalue weighted by molar-refractivity contribution is 7.99. The van der Waals surface area contributed by atoms with Gasteiger partial charge in [0.15, 0.2) is 5.16 Å². The third-order valence-electron chi connectivity index (χ3n) is 6.96. The van der Waals surface area contributed by atoms with Crippen LogP contribution in [0.1, 0.15) is 40.6 Å². The molecule has 1 aliphatic rings. The zero-order valence-electron chi connectivity index (χ0n) is 22.6. The molecule has 3 aromatic heterocycles. The average molecular weight is 636 g/mol. The van der Waals surface area contributed by atoms with Crippen molar-refractivity contribution in [2.75, 3.05) is 17.7 Å². The second kappa shape index (κ2) is 12.4. The molecule has 0 fully saturated rings. The van der Waals surface area contributed by atoms with Gasteiger partial charge in [-0.1, -0.05) is 53.7 Å². The Morgan fingerprint density at radius 1 is 1.12 bits per heavy atom. The van der Waals surface area contributed by atoms with Crippen LogP contribution < -0.4 is 10.9 Å². The Morgan fingerprint density at radius 2 is 1.90 bits per heavy atom. The summed E-state index contributed by atoms with van der Waals surface area (Å²) in [5.74, 6) is -0.353. The topological polar surface area (TPSA) is 90.3 Å². The van der Waals surface area contributed by atoms with Crippen LogP contribution >= 0.6 is 46.0 Å². The molecule has 0 radical (unpaired) electrons. The fourth-order valence-electron chi connectivity index (χ4n) is 5.05. The van der Waals surface area contributed by atoms with Crippen LogP contribution in [0.25, 0.3) is 27.0 Å². The van der Waals surface area contributed by atoms with E-state index in [1.165, 1.54) is 28.0 Å². The molecule has 5 aromatic rings. The van der Waals surface area contributed by atoms with Crippen LogP contribution in [0, 0.1) is 0 Å². The normalized spacial score (nSPS) is 12.4. The summed E-state index contributed by atoms with van der Waals surface area (Å²) in [6, 6.07) is 16.6. The number of esters is 1. The molecular formula is C31H26ClN3O4S3. The fourth-order valence-corrected chi connectivity index (χ4v) is 8.40. The predicted molar refractivity (Wildman–Crippen MR) is 172 cm³/mol. The summed E-state index contributed by atoms with van der Waals surface area (Å²) in [7, 11) is 0.